The van der Waals surface area contributed by atoms with Crippen molar-refractivity contribution in [2.75, 3.05) is 19.6 Å². The summed E-state index contributed by atoms with van der Waals surface area (Å²) in [6.07, 6.45) is 0. The second-order valence-electron chi connectivity index (χ2n) is 5.79. The van der Waals surface area contributed by atoms with E-state index in [2.05, 4.69) is 58.7 Å². The number of rotatable bonds is 8. The molecule has 0 aliphatic rings. The van der Waals surface area contributed by atoms with Crippen molar-refractivity contribution in [2.24, 2.45) is 11.8 Å². The van der Waals surface area contributed by atoms with Crippen LogP contribution >= 0.6 is 0 Å². The second-order valence-corrected chi connectivity index (χ2v) is 5.79. The average molecular weight is 228 g/mol. The highest BCUT2D eigenvalue weighted by molar-refractivity contribution is 4.79. The zero-order chi connectivity index (χ0) is 12.7. The number of hydrogen-bond acceptors (Lipinski definition) is 2. The van der Waals surface area contributed by atoms with Crippen molar-refractivity contribution in [1.82, 2.24) is 10.2 Å². The second kappa shape index (κ2) is 8.08. The van der Waals surface area contributed by atoms with E-state index in [0.29, 0.717) is 18.0 Å². The lowest BCUT2D eigenvalue weighted by Gasteiger charge is -2.37. The number of hydrogen-bond donors (Lipinski definition) is 1. The van der Waals surface area contributed by atoms with Gasteiger partial charge < -0.3 is 5.32 Å². The van der Waals surface area contributed by atoms with Gasteiger partial charge in [-0.25, -0.2) is 0 Å². The van der Waals surface area contributed by atoms with Gasteiger partial charge in [-0.15, -0.1) is 0 Å². The summed E-state index contributed by atoms with van der Waals surface area (Å²) in [7, 11) is 0. The predicted molar refractivity (Wildman–Crippen MR) is 73.8 cm³/mol. The molecule has 1 N–H and O–H groups in total. The van der Waals surface area contributed by atoms with Crippen LogP contribution in [0.15, 0.2) is 0 Å². The average Bonchev–Trinajstić information content (AvgIpc) is 2.15. The molecule has 0 fully saturated rings. The molecule has 0 aromatic rings. The topological polar surface area (TPSA) is 15.3 Å². The molecule has 98 valence electrons. The van der Waals surface area contributed by atoms with Gasteiger partial charge in [0.25, 0.3) is 0 Å². The maximum atomic E-state index is 3.59. The molecule has 1 unspecified atom stereocenters. The summed E-state index contributed by atoms with van der Waals surface area (Å²) in [5.41, 5.74) is 0. The van der Waals surface area contributed by atoms with Gasteiger partial charge in [0, 0.05) is 18.6 Å². The smallest absolute Gasteiger partial charge is 0.0246 e. The van der Waals surface area contributed by atoms with Crippen molar-refractivity contribution in [3.05, 3.63) is 0 Å². The molecular weight excluding hydrogens is 196 g/mol. The Hall–Kier alpha value is -0.0800. The van der Waals surface area contributed by atoms with Gasteiger partial charge in [0.1, 0.15) is 0 Å². The van der Waals surface area contributed by atoms with Crippen molar-refractivity contribution in [3.63, 3.8) is 0 Å². The first kappa shape index (κ1) is 15.9. The fourth-order valence-electron chi connectivity index (χ4n) is 2.24. The summed E-state index contributed by atoms with van der Waals surface area (Å²) in [5.74, 6) is 1.45. The summed E-state index contributed by atoms with van der Waals surface area (Å²) < 4.78 is 0. The summed E-state index contributed by atoms with van der Waals surface area (Å²) in [5, 5.41) is 3.59. The molecule has 0 amide bonds. The van der Waals surface area contributed by atoms with Crippen LogP contribution in [0, 0.1) is 11.8 Å². The fourth-order valence-corrected chi connectivity index (χ4v) is 2.24. The fraction of sp³-hybridized carbons (Fsp3) is 1.00. The molecular formula is C14H32N2. The minimum absolute atomic E-state index is 0.637. The van der Waals surface area contributed by atoms with Crippen molar-refractivity contribution >= 4 is 0 Å². The van der Waals surface area contributed by atoms with Crippen molar-refractivity contribution < 1.29 is 0 Å². The Morgan fingerprint density at radius 3 is 1.81 bits per heavy atom. The first-order chi connectivity index (χ1) is 7.40. The van der Waals surface area contributed by atoms with E-state index in [1.165, 1.54) is 0 Å². The lowest BCUT2D eigenvalue weighted by Crippen LogP contribution is -2.49. The molecule has 0 aliphatic carbocycles. The van der Waals surface area contributed by atoms with E-state index in [0.717, 1.165) is 25.6 Å². The van der Waals surface area contributed by atoms with E-state index in [4.69, 9.17) is 0 Å². The Morgan fingerprint density at radius 1 is 0.938 bits per heavy atom. The van der Waals surface area contributed by atoms with Crippen LogP contribution in [0.2, 0.25) is 0 Å². The maximum Gasteiger partial charge on any atom is 0.0246 e. The van der Waals surface area contributed by atoms with Crippen LogP contribution in [0.1, 0.15) is 48.5 Å². The van der Waals surface area contributed by atoms with Gasteiger partial charge in [0.2, 0.25) is 0 Å². The lowest BCUT2D eigenvalue weighted by atomic mass is 10.0. The molecule has 1 atom stereocenters. The number of nitrogens with zero attached hydrogens (tertiary/aromatic N) is 1. The van der Waals surface area contributed by atoms with E-state index in [9.17, 15) is 0 Å². The van der Waals surface area contributed by atoms with Crippen LogP contribution in [0.3, 0.4) is 0 Å². The van der Waals surface area contributed by atoms with Crippen LogP contribution in [0.5, 0.6) is 0 Å². The van der Waals surface area contributed by atoms with Gasteiger partial charge >= 0.3 is 0 Å². The molecule has 2 heteroatoms. The lowest BCUT2D eigenvalue weighted by molar-refractivity contribution is 0.122. The molecule has 2 nitrogen and oxygen atoms in total. The maximum absolute atomic E-state index is 3.59. The van der Waals surface area contributed by atoms with E-state index < -0.39 is 0 Å². The first-order valence-electron chi connectivity index (χ1n) is 6.86. The van der Waals surface area contributed by atoms with E-state index in [1.54, 1.807) is 0 Å². The van der Waals surface area contributed by atoms with Gasteiger partial charge in [-0.05, 0) is 38.8 Å². The van der Waals surface area contributed by atoms with Crippen molar-refractivity contribution in [1.29, 1.82) is 0 Å². The van der Waals surface area contributed by atoms with E-state index in [1.807, 2.05) is 0 Å². The van der Waals surface area contributed by atoms with Gasteiger partial charge in [-0.2, -0.15) is 0 Å². The Balaban J connectivity index is 4.25. The minimum atomic E-state index is 0.637. The van der Waals surface area contributed by atoms with E-state index >= 15 is 0 Å². The quantitative estimate of drug-likeness (QED) is 0.687. The van der Waals surface area contributed by atoms with Crippen LogP contribution in [0.4, 0.5) is 0 Å². The van der Waals surface area contributed by atoms with Crippen molar-refractivity contribution in [3.8, 4) is 0 Å². The standard InChI is InChI=1S/C14H32N2/c1-8-16(13(6)7)14(12(4)5)10-15-9-11(2)3/h11-15H,8-10H2,1-7H3. The van der Waals surface area contributed by atoms with Crippen molar-refractivity contribution in [2.45, 2.75) is 60.5 Å². The number of nitrogens with one attached hydrogen (secondary N) is 1. The predicted octanol–water partition coefficient (Wildman–Crippen LogP) is 2.99. The Bertz CT molecular complexity index is 164. The molecule has 0 heterocycles. The third-order valence-corrected chi connectivity index (χ3v) is 3.13. The zero-order valence-electron chi connectivity index (χ0n) is 12.4. The van der Waals surface area contributed by atoms with Gasteiger partial charge in [0.15, 0.2) is 0 Å². The summed E-state index contributed by atoms with van der Waals surface area (Å²) in [4.78, 5) is 2.60. The molecule has 0 spiro atoms. The van der Waals surface area contributed by atoms with E-state index in [-0.39, 0.29) is 0 Å². The van der Waals surface area contributed by atoms with Crippen LogP contribution in [-0.2, 0) is 0 Å². The molecule has 0 aromatic heterocycles. The number of likely N-dealkylation sites (N-methyl/N-ethyl adjacent to an activating group) is 1. The molecule has 0 aromatic carbocycles. The third-order valence-electron chi connectivity index (χ3n) is 3.13. The highest BCUT2D eigenvalue weighted by Gasteiger charge is 2.22. The minimum Gasteiger partial charge on any atom is -0.315 e. The Kier molecular flexibility index (Phi) is 8.04. The highest BCUT2D eigenvalue weighted by Crippen LogP contribution is 2.13. The normalized spacial score (nSPS) is 14.4. The molecule has 0 aliphatic heterocycles. The molecule has 0 bridgehead atoms. The molecule has 0 saturated carbocycles. The summed E-state index contributed by atoms with van der Waals surface area (Å²) in [6.45, 7) is 19.4. The molecule has 0 rings (SSSR count). The molecule has 16 heavy (non-hydrogen) atoms. The van der Waals surface area contributed by atoms with Crippen LogP contribution in [-0.4, -0.2) is 36.6 Å². The largest absolute Gasteiger partial charge is 0.315 e. The Morgan fingerprint density at radius 2 is 1.50 bits per heavy atom. The van der Waals surface area contributed by atoms with Gasteiger partial charge in [-0.1, -0.05) is 34.6 Å². The molecule has 0 radical (unpaired) electrons. The molecule has 0 saturated heterocycles. The summed E-state index contributed by atoms with van der Waals surface area (Å²) >= 11 is 0. The van der Waals surface area contributed by atoms with Crippen LogP contribution < -0.4 is 5.32 Å². The monoisotopic (exact) mass is 228 g/mol. The van der Waals surface area contributed by atoms with Crippen LogP contribution in [0.25, 0.3) is 0 Å². The zero-order valence-corrected chi connectivity index (χ0v) is 12.4. The SMILES string of the molecule is CCN(C(C)C)C(CNCC(C)C)C(C)C. The Labute approximate surface area is 103 Å². The van der Waals surface area contributed by atoms with Gasteiger partial charge in [-0.3, -0.25) is 4.90 Å². The summed E-state index contributed by atoms with van der Waals surface area (Å²) in [6, 6.07) is 1.29. The van der Waals surface area contributed by atoms with Gasteiger partial charge in [0.05, 0.1) is 0 Å². The highest BCUT2D eigenvalue weighted by atomic mass is 15.2. The first-order valence-corrected chi connectivity index (χ1v) is 6.86. The third kappa shape index (κ3) is 5.86.